The smallest absolute Gasteiger partial charge is 0.208 e. The fourth-order valence-electron chi connectivity index (χ4n) is 1.49. The van der Waals surface area contributed by atoms with E-state index in [1.807, 2.05) is 13.8 Å². The number of nitrogens with one attached hydrogen (secondary N) is 1. The van der Waals surface area contributed by atoms with Gasteiger partial charge in [0.2, 0.25) is 5.89 Å². The van der Waals surface area contributed by atoms with Gasteiger partial charge in [-0.1, -0.05) is 29.8 Å². The molecule has 0 bridgehead atoms. The molecule has 0 saturated heterocycles. The Labute approximate surface area is 114 Å². The SMILES string of the molecule is CC(C)NCc1ncc(-c2cc(Br)ccc2F)o1. The summed E-state index contributed by atoms with van der Waals surface area (Å²) >= 11 is 3.31. The lowest BCUT2D eigenvalue weighted by molar-refractivity contribution is 0.457. The molecule has 1 aromatic carbocycles. The molecule has 1 heterocycles. The predicted octanol–water partition coefficient (Wildman–Crippen LogP) is 3.74. The third-order valence-corrected chi connectivity index (χ3v) is 2.90. The van der Waals surface area contributed by atoms with Crippen molar-refractivity contribution in [2.24, 2.45) is 0 Å². The first-order valence-corrected chi connectivity index (χ1v) is 6.49. The molecular weight excluding hydrogens is 299 g/mol. The standard InChI is InChI=1S/C13H14BrFN2O/c1-8(2)16-7-13-17-6-12(18-13)10-5-9(14)3-4-11(10)15/h3-6,8,16H,7H2,1-2H3. The summed E-state index contributed by atoms with van der Waals surface area (Å²) in [6.45, 7) is 4.61. The molecule has 0 amide bonds. The van der Waals surface area contributed by atoms with Crippen molar-refractivity contribution in [3.8, 4) is 11.3 Å². The molecule has 5 heteroatoms. The van der Waals surface area contributed by atoms with Crippen LogP contribution in [0.25, 0.3) is 11.3 Å². The quantitative estimate of drug-likeness (QED) is 0.934. The highest BCUT2D eigenvalue weighted by Crippen LogP contribution is 2.26. The van der Waals surface area contributed by atoms with Gasteiger partial charge in [-0.2, -0.15) is 0 Å². The Morgan fingerprint density at radius 3 is 2.94 bits per heavy atom. The molecule has 0 atom stereocenters. The van der Waals surface area contributed by atoms with Crippen LogP contribution in [0.5, 0.6) is 0 Å². The van der Waals surface area contributed by atoms with Crippen LogP contribution in [0.3, 0.4) is 0 Å². The van der Waals surface area contributed by atoms with Crippen LogP contribution >= 0.6 is 15.9 Å². The largest absolute Gasteiger partial charge is 0.439 e. The van der Waals surface area contributed by atoms with Gasteiger partial charge < -0.3 is 9.73 Å². The molecule has 1 N–H and O–H groups in total. The monoisotopic (exact) mass is 312 g/mol. The van der Waals surface area contributed by atoms with Gasteiger partial charge in [0.15, 0.2) is 5.76 Å². The highest BCUT2D eigenvalue weighted by atomic mass is 79.9. The van der Waals surface area contributed by atoms with Gasteiger partial charge in [0.1, 0.15) is 5.82 Å². The van der Waals surface area contributed by atoms with Crippen molar-refractivity contribution in [3.05, 3.63) is 40.6 Å². The van der Waals surface area contributed by atoms with Crippen LogP contribution in [0, 0.1) is 5.82 Å². The van der Waals surface area contributed by atoms with Crippen molar-refractivity contribution < 1.29 is 8.81 Å². The molecule has 2 rings (SSSR count). The van der Waals surface area contributed by atoms with Crippen LogP contribution in [0.15, 0.2) is 33.3 Å². The predicted molar refractivity (Wildman–Crippen MR) is 71.6 cm³/mol. The maximum atomic E-state index is 13.7. The summed E-state index contributed by atoms with van der Waals surface area (Å²) in [7, 11) is 0. The van der Waals surface area contributed by atoms with Crippen molar-refractivity contribution >= 4 is 15.9 Å². The molecule has 96 valence electrons. The van der Waals surface area contributed by atoms with Gasteiger partial charge in [-0.25, -0.2) is 9.37 Å². The molecule has 0 fully saturated rings. The third kappa shape index (κ3) is 3.17. The normalized spacial score (nSPS) is 11.2. The first kappa shape index (κ1) is 13.2. The first-order chi connectivity index (χ1) is 8.56. The number of rotatable bonds is 4. The van der Waals surface area contributed by atoms with E-state index in [2.05, 4.69) is 26.2 Å². The van der Waals surface area contributed by atoms with E-state index in [0.29, 0.717) is 29.8 Å². The van der Waals surface area contributed by atoms with Crippen molar-refractivity contribution in [1.29, 1.82) is 0 Å². The highest BCUT2D eigenvalue weighted by molar-refractivity contribution is 9.10. The summed E-state index contributed by atoms with van der Waals surface area (Å²) in [6, 6.07) is 5.07. The number of hydrogen-bond acceptors (Lipinski definition) is 3. The molecule has 2 aromatic rings. The molecular formula is C13H14BrFN2O. The first-order valence-electron chi connectivity index (χ1n) is 5.70. The molecule has 0 spiro atoms. The van der Waals surface area contributed by atoms with Crippen LogP contribution in [0.1, 0.15) is 19.7 Å². The lowest BCUT2D eigenvalue weighted by atomic mass is 10.2. The molecule has 1 aromatic heterocycles. The lowest BCUT2D eigenvalue weighted by Gasteiger charge is -2.04. The lowest BCUT2D eigenvalue weighted by Crippen LogP contribution is -2.21. The minimum atomic E-state index is -0.322. The summed E-state index contributed by atoms with van der Waals surface area (Å²) in [5, 5.41) is 3.19. The second kappa shape index (κ2) is 5.63. The molecule has 18 heavy (non-hydrogen) atoms. The van der Waals surface area contributed by atoms with Crippen LogP contribution in [-0.4, -0.2) is 11.0 Å². The summed E-state index contributed by atoms with van der Waals surface area (Å²) in [4.78, 5) is 4.12. The van der Waals surface area contributed by atoms with Gasteiger partial charge in [-0.3, -0.25) is 0 Å². The zero-order valence-electron chi connectivity index (χ0n) is 10.2. The van der Waals surface area contributed by atoms with E-state index < -0.39 is 0 Å². The molecule has 0 saturated carbocycles. The zero-order valence-corrected chi connectivity index (χ0v) is 11.8. The summed E-state index contributed by atoms with van der Waals surface area (Å²) in [5.74, 6) is 0.671. The second-order valence-electron chi connectivity index (χ2n) is 4.28. The van der Waals surface area contributed by atoms with Gasteiger partial charge in [-0.15, -0.1) is 0 Å². The Kier molecular flexibility index (Phi) is 4.14. The molecule has 3 nitrogen and oxygen atoms in total. The van der Waals surface area contributed by atoms with Gasteiger partial charge in [0.25, 0.3) is 0 Å². The Hall–Kier alpha value is -1.20. The average Bonchev–Trinajstić information content (AvgIpc) is 2.78. The molecule has 0 radical (unpaired) electrons. The van der Waals surface area contributed by atoms with Crippen LogP contribution in [0.2, 0.25) is 0 Å². The Morgan fingerprint density at radius 1 is 1.44 bits per heavy atom. The van der Waals surface area contributed by atoms with E-state index in [9.17, 15) is 4.39 Å². The Morgan fingerprint density at radius 2 is 2.22 bits per heavy atom. The number of aromatic nitrogens is 1. The van der Waals surface area contributed by atoms with Gasteiger partial charge >= 0.3 is 0 Å². The van der Waals surface area contributed by atoms with Crippen LogP contribution in [-0.2, 0) is 6.54 Å². The molecule has 0 unspecified atom stereocenters. The molecule has 0 aliphatic carbocycles. The van der Waals surface area contributed by atoms with Crippen molar-refractivity contribution in [2.45, 2.75) is 26.4 Å². The van der Waals surface area contributed by atoms with Crippen LogP contribution < -0.4 is 5.32 Å². The fourth-order valence-corrected chi connectivity index (χ4v) is 1.86. The summed E-state index contributed by atoms with van der Waals surface area (Å²) < 4.78 is 20.0. The topological polar surface area (TPSA) is 38.1 Å². The minimum Gasteiger partial charge on any atom is -0.439 e. The highest BCUT2D eigenvalue weighted by Gasteiger charge is 2.11. The van der Waals surface area contributed by atoms with E-state index in [-0.39, 0.29) is 5.82 Å². The third-order valence-electron chi connectivity index (χ3n) is 2.41. The van der Waals surface area contributed by atoms with E-state index in [4.69, 9.17) is 4.42 Å². The van der Waals surface area contributed by atoms with Gasteiger partial charge in [0.05, 0.1) is 18.3 Å². The maximum absolute atomic E-state index is 13.7. The van der Waals surface area contributed by atoms with Crippen molar-refractivity contribution in [3.63, 3.8) is 0 Å². The van der Waals surface area contributed by atoms with E-state index in [1.165, 1.54) is 6.07 Å². The summed E-state index contributed by atoms with van der Waals surface area (Å²) in [6.07, 6.45) is 1.54. The second-order valence-corrected chi connectivity index (χ2v) is 5.19. The Balaban J connectivity index is 2.21. The van der Waals surface area contributed by atoms with E-state index in [1.54, 1.807) is 18.3 Å². The number of halogens is 2. The average molecular weight is 313 g/mol. The van der Waals surface area contributed by atoms with Crippen molar-refractivity contribution in [2.75, 3.05) is 0 Å². The van der Waals surface area contributed by atoms with Gasteiger partial charge in [-0.05, 0) is 18.2 Å². The summed E-state index contributed by atoms with van der Waals surface area (Å²) in [5.41, 5.74) is 0.410. The number of oxazole rings is 1. The number of hydrogen-bond donors (Lipinski definition) is 1. The number of nitrogens with zero attached hydrogens (tertiary/aromatic N) is 1. The van der Waals surface area contributed by atoms with E-state index in [0.717, 1.165) is 4.47 Å². The molecule has 0 aliphatic rings. The fraction of sp³-hybridized carbons (Fsp3) is 0.308. The number of benzene rings is 1. The van der Waals surface area contributed by atoms with Gasteiger partial charge in [0, 0.05) is 10.5 Å². The Bertz CT molecular complexity index is 540. The minimum absolute atomic E-state index is 0.322. The maximum Gasteiger partial charge on any atom is 0.208 e. The van der Waals surface area contributed by atoms with Crippen LogP contribution in [0.4, 0.5) is 4.39 Å². The zero-order chi connectivity index (χ0) is 13.1. The molecule has 0 aliphatic heterocycles. The van der Waals surface area contributed by atoms with Crippen molar-refractivity contribution in [1.82, 2.24) is 10.3 Å². The van der Waals surface area contributed by atoms with E-state index >= 15 is 0 Å².